The molecule has 5 rings (SSSR count). The zero-order valence-corrected chi connectivity index (χ0v) is 21.1. The monoisotopic (exact) mass is 490 g/mol. The molecule has 0 bridgehead atoms. The Morgan fingerprint density at radius 2 is 1.69 bits per heavy atom. The van der Waals surface area contributed by atoms with Crippen LogP contribution < -0.4 is 4.90 Å². The van der Waals surface area contributed by atoms with Gasteiger partial charge in [-0.15, -0.1) is 0 Å². The predicted molar refractivity (Wildman–Crippen MR) is 141 cm³/mol. The van der Waals surface area contributed by atoms with Crippen molar-refractivity contribution >= 4 is 26.8 Å². The molecule has 2 aromatic heterocycles. The van der Waals surface area contributed by atoms with E-state index in [0.717, 1.165) is 59.5 Å². The van der Waals surface area contributed by atoms with Crippen LogP contribution in [0.1, 0.15) is 5.56 Å². The minimum atomic E-state index is -3.34. The number of furan rings is 1. The van der Waals surface area contributed by atoms with Crippen LogP contribution in [0.2, 0.25) is 0 Å². The fourth-order valence-electron chi connectivity index (χ4n) is 4.38. The van der Waals surface area contributed by atoms with Gasteiger partial charge in [-0.1, -0.05) is 30.3 Å². The van der Waals surface area contributed by atoms with Gasteiger partial charge in [0.1, 0.15) is 11.8 Å². The summed E-state index contributed by atoms with van der Waals surface area (Å²) in [5, 5.41) is 0. The average Bonchev–Trinajstić information content (AvgIpc) is 3.28. The maximum absolute atomic E-state index is 12.3. The van der Waals surface area contributed by atoms with Crippen LogP contribution in [0.4, 0.5) is 5.69 Å². The van der Waals surface area contributed by atoms with Crippen molar-refractivity contribution < 1.29 is 12.8 Å². The molecule has 0 amide bonds. The number of rotatable bonds is 6. The smallest absolute Gasteiger partial charge is 0.217 e. The molecule has 2 aromatic carbocycles. The summed E-state index contributed by atoms with van der Waals surface area (Å²) >= 11 is 0. The van der Waals surface area contributed by atoms with Gasteiger partial charge in [0, 0.05) is 63.3 Å². The summed E-state index contributed by atoms with van der Waals surface area (Å²) in [6.45, 7) is 4.25. The molecule has 0 saturated carbocycles. The molecule has 35 heavy (non-hydrogen) atoms. The number of sulfonamides is 1. The van der Waals surface area contributed by atoms with Gasteiger partial charge in [-0.2, -0.15) is 0 Å². The molecule has 0 radical (unpaired) electrons. The van der Waals surface area contributed by atoms with Crippen molar-refractivity contribution in [1.29, 1.82) is 0 Å². The Morgan fingerprint density at radius 1 is 0.943 bits per heavy atom. The zero-order valence-electron chi connectivity index (χ0n) is 20.3. The quantitative estimate of drug-likeness (QED) is 0.401. The van der Waals surface area contributed by atoms with E-state index in [-0.39, 0.29) is 5.75 Å². The van der Waals surface area contributed by atoms with Crippen molar-refractivity contribution in [1.82, 2.24) is 14.2 Å². The van der Waals surface area contributed by atoms with Gasteiger partial charge in [0.05, 0.1) is 5.75 Å². The normalized spacial score (nSPS) is 15.3. The first-order chi connectivity index (χ1) is 16.8. The zero-order chi connectivity index (χ0) is 24.6. The number of fused-ring (bicyclic) bond motifs is 1. The Labute approximate surface area is 206 Å². The van der Waals surface area contributed by atoms with Crippen LogP contribution in [0.3, 0.4) is 0 Å². The minimum absolute atomic E-state index is 0.0503. The van der Waals surface area contributed by atoms with Crippen molar-refractivity contribution in [2.75, 3.05) is 52.2 Å². The number of likely N-dealkylation sites (N-methyl/N-ethyl adjacent to an activating group) is 1. The highest BCUT2D eigenvalue weighted by Gasteiger charge is 2.17. The number of anilines is 1. The van der Waals surface area contributed by atoms with Crippen molar-refractivity contribution in [2.24, 2.45) is 0 Å². The Hall–Kier alpha value is -3.20. The summed E-state index contributed by atoms with van der Waals surface area (Å²) in [6.07, 6.45) is 3.56. The third-order valence-corrected chi connectivity index (χ3v) is 8.43. The standard InChI is InChI=1S/C27H30N4O3S/c1-29(2)35(32,33)19-20-5-4-6-22(15-20)25-18-34-26-16-23(17-28-27(25)26)21-7-9-24(10-8-21)31-13-11-30(3)12-14-31/h4-10,15-18H,11-14,19H2,1-3H3. The maximum Gasteiger partial charge on any atom is 0.217 e. The largest absolute Gasteiger partial charge is 0.462 e. The Kier molecular flexibility index (Phi) is 6.35. The average molecular weight is 491 g/mol. The molecule has 4 aromatic rings. The highest BCUT2D eigenvalue weighted by Crippen LogP contribution is 2.33. The van der Waals surface area contributed by atoms with Crippen molar-refractivity contribution in [2.45, 2.75) is 5.75 Å². The molecule has 7 nitrogen and oxygen atoms in total. The van der Waals surface area contributed by atoms with E-state index in [1.807, 2.05) is 36.5 Å². The van der Waals surface area contributed by atoms with E-state index in [1.165, 1.54) is 9.99 Å². The van der Waals surface area contributed by atoms with Crippen LogP contribution in [0.25, 0.3) is 33.4 Å². The van der Waals surface area contributed by atoms with Gasteiger partial charge in [-0.05, 0) is 48.0 Å². The van der Waals surface area contributed by atoms with E-state index in [2.05, 4.69) is 41.1 Å². The van der Waals surface area contributed by atoms with Gasteiger partial charge < -0.3 is 14.2 Å². The third-order valence-electron chi connectivity index (χ3n) is 6.62. The molecule has 182 valence electrons. The lowest BCUT2D eigenvalue weighted by Gasteiger charge is -2.34. The van der Waals surface area contributed by atoms with Gasteiger partial charge in [-0.3, -0.25) is 4.98 Å². The van der Waals surface area contributed by atoms with Crippen molar-refractivity contribution in [3.63, 3.8) is 0 Å². The second-order valence-electron chi connectivity index (χ2n) is 9.30. The Balaban J connectivity index is 1.39. The molecule has 0 spiro atoms. The molecular formula is C27H30N4O3S. The number of aromatic nitrogens is 1. The maximum atomic E-state index is 12.3. The van der Waals surface area contributed by atoms with Crippen LogP contribution in [0.5, 0.6) is 0 Å². The molecule has 1 aliphatic heterocycles. The molecule has 3 heterocycles. The second-order valence-corrected chi connectivity index (χ2v) is 11.5. The van der Waals surface area contributed by atoms with E-state index in [1.54, 1.807) is 20.4 Å². The molecule has 0 N–H and O–H groups in total. The van der Waals surface area contributed by atoms with Crippen LogP contribution in [-0.2, 0) is 15.8 Å². The lowest BCUT2D eigenvalue weighted by molar-refractivity contribution is 0.313. The van der Waals surface area contributed by atoms with E-state index < -0.39 is 10.0 Å². The molecule has 8 heteroatoms. The van der Waals surface area contributed by atoms with Gasteiger partial charge in [0.2, 0.25) is 10.0 Å². The topological polar surface area (TPSA) is 69.9 Å². The fourth-order valence-corrected chi connectivity index (χ4v) is 5.23. The molecule has 1 saturated heterocycles. The molecule has 0 unspecified atom stereocenters. The van der Waals surface area contributed by atoms with Gasteiger partial charge >= 0.3 is 0 Å². The summed E-state index contributed by atoms with van der Waals surface area (Å²) < 4.78 is 31.7. The number of hydrogen-bond acceptors (Lipinski definition) is 6. The van der Waals surface area contributed by atoms with Crippen LogP contribution in [0.15, 0.2) is 71.5 Å². The number of benzene rings is 2. The van der Waals surface area contributed by atoms with Crippen molar-refractivity contribution in [3.8, 4) is 22.3 Å². The number of piperazine rings is 1. The molecular weight excluding hydrogens is 460 g/mol. The predicted octanol–water partition coefficient (Wildman–Crippen LogP) is 4.31. The van der Waals surface area contributed by atoms with Gasteiger partial charge in [-0.25, -0.2) is 12.7 Å². The lowest BCUT2D eigenvalue weighted by atomic mass is 10.0. The van der Waals surface area contributed by atoms with E-state index >= 15 is 0 Å². The summed E-state index contributed by atoms with van der Waals surface area (Å²) in [5.41, 5.74) is 7.24. The minimum Gasteiger partial charge on any atom is -0.462 e. The summed E-state index contributed by atoms with van der Waals surface area (Å²) in [5.74, 6) is -0.0503. The fraction of sp³-hybridized carbons (Fsp3) is 0.296. The molecule has 0 atom stereocenters. The molecule has 1 aliphatic rings. The summed E-state index contributed by atoms with van der Waals surface area (Å²) in [7, 11) is 1.92. The van der Waals surface area contributed by atoms with Crippen LogP contribution >= 0.6 is 0 Å². The first-order valence-electron chi connectivity index (χ1n) is 11.7. The number of nitrogens with zero attached hydrogens (tertiary/aromatic N) is 4. The van der Waals surface area contributed by atoms with E-state index in [9.17, 15) is 8.42 Å². The van der Waals surface area contributed by atoms with E-state index in [4.69, 9.17) is 9.40 Å². The van der Waals surface area contributed by atoms with Crippen LogP contribution in [0, 0.1) is 0 Å². The molecule has 1 fully saturated rings. The highest BCUT2D eigenvalue weighted by atomic mass is 32.2. The SMILES string of the molecule is CN1CCN(c2ccc(-c3cnc4c(-c5cccc(CS(=O)(=O)N(C)C)c5)coc4c3)cc2)CC1. The lowest BCUT2D eigenvalue weighted by Crippen LogP contribution is -2.44. The van der Waals surface area contributed by atoms with Crippen molar-refractivity contribution in [3.05, 3.63) is 72.6 Å². The second kappa shape index (κ2) is 9.45. The number of hydrogen-bond donors (Lipinski definition) is 0. The summed E-state index contributed by atoms with van der Waals surface area (Å²) in [6, 6.07) is 18.1. The first kappa shape index (κ1) is 23.5. The summed E-state index contributed by atoms with van der Waals surface area (Å²) in [4.78, 5) is 9.48. The first-order valence-corrected chi connectivity index (χ1v) is 13.3. The van der Waals surface area contributed by atoms with E-state index in [0.29, 0.717) is 5.58 Å². The number of pyridine rings is 1. The van der Waals surface area contributed by atoms with Gasteiger partial charge in [0.15, 0.2) is 5.58 Å². The molecule has 0 aliphatic carbocycles. The highest BCUT2D eigenvalue weighted by molar-refractivity contribution is 7.88. The Bertz CT molecular complexity index is 1440. The van der Waals surface area contributed by atoms with Crippen LogP contribution in [-0.4, -0.2) is 69.9 Å². The Morgan fingerprint density at radius 3 is 2.40 bits per heavy atom. The van der Waals surface area contributed by atoms with Gasteiger partial charge in [0.25, 0.3) is 0 Å². The third kappa shape index (κ3) is 4.96.